The number of halogens is 1. The molecule has 108 valence electrons. The van der Waals surface area contributed by atoms with Gasteiger partial charge in [-0.1, -0.05) is 18.0 Å². The number of fused-ring (bicyclic) bond motifs is 1. The summed E-state index contributed by atoms with van der Waals surface area (Å²) < 4.78 is 10.5. The topological polar surface area (TPSA) is 73.6 Å². The van der Waals surface area contributed by atoms with Crippen molar-refractivity contribution in [3.8, 4) is 11.5 Å². The molecule has 2 atom stereocenters. The largest absolute Gasteiger partial charge is 0.454 e. The lowest BCUT2D eigenvalue weighted by Crippen LogP contribution is -2.29. The number of rotatable bonds is 3. The molecule has 1 amide bonds. The van der Waals surface area contributed by atoms with Crippen molar-refractivity contribution in [3.05, 3.63) is 17.2 Å². The minimum atomic E-state index is -0.0264. The summed E-state index contributed by atoms with van der Waals surface area (Å²) in [6.45, 7) is 0.730. The Labute approximate surface area is 122 Å². The van der Waals surface area contributed by atoms with E-state index >= 15 is 0 Å². The highest BCUT2D eigenvalue weighted by molar-refractivity contribution is 6.34. The molecule has 0 aromatic heterocycles. The Hall–Kier alpha value is -1.46. The van der Waals surface area contributed by atoms with Crippen molar-refractivity contribution in [3.63, 3.8) is 0 Å². The van der Waals surface area contributed by atoms with Gasteiger partial charge in [-0.15, -0.1) is 0 Å². The van der Waals surface area contributed by atoms with Crippen LogP contribution < -0.4 is 20.5 Å². The third kappa shape index (κ3) is 2.43. The van der Waals surface area contributed by atoms with Gasteiger partial charge in [0.15, 0.2) is 11.5 Å². The molecule has 3 N–H and O–H groups in total. The fraction of sp³-hybridized carbons (Fsp3) is 0.500. The molecule has 0 saturated heterocycles. The van der Waals surface area contributed by atoms with Crippen molar-refractivity contribution >= 4 is 23.2 Å². The van der Waals surface area contributed by atoms with E-state index in [2.05, 4.69) is 5.32 Å². The van der Waals surface area contributed by atoms with Crippen LogP contribution in [-0.4, -0.2) is 19.2 Å². The minimum Gasteiger partial charge on any atom is -0.454 e. The van der Waals surface area contributed by atoms with Gasteiger partial charge in [-0.2, -0.15) is 0 Å². The van der Waals surface area contributed by atoms with Gasteiger partial charge in [-0.25, -0.2) is 0 Å². The van der Waals surface area contributed by atoms with Crippen LogP contribution in [0.1, 0.15) is 19.3 Å². The van der Waals surface area contributed by atoms with Crippen molar-refractivity contribution in [2.45, 2.75) is 19.3 Å². The molecule has 1 aliphatic heterocycles. The van der Waals surface area contributed by atoms with E-state index in [1.165, 1.54) is 0 Å². The van der Waals surface area contributed by atoms with Gasteiger partial charge < -0.3 is 20.5 Å². The second-order valence-corrected chi connectivity index (χ2v) is 5.61. The molecule has 1 aromatic carbocycles. The van der Waals surface area contributed by atoms with Crippen molar-refractivity contribution in [2.24, 2.45) is 17.6 Å². The van der Waals surface area contributed by atoms with Gasteiger partial charge in [0.05, 0.1) is 10.7 Å². The summed E-state index contributed by atoms with van der Waals surface area (Å²) in [5.74, 6) is 1.43. The van der Waals surface area contributed by atoms with Crippen molar-refractivity contribution in [2.75, 3.05) is 18.7 Å². The fourth-order valence-electron chi connectivity index (χ4n) is 2.90. The SMILES string of the molecule is NCC1CCCC1C(=O)Nc1cc2c(cc1Cl)OCO2. The Kier molecular flexibility index (Phi) is 3.72. The third-order valence-electron chi connectivity index (χ3n) is 4.02. The van der Waals surface area contributed by atoms with Crippen molar-refractivity contribution < 1.29 is 14.3 Å². The van der Waals surface area contributed by atoms with Crippen LogP contribution in [-0.2, 0) is 4.79 Å². The lowest BCUT2D eigenvalue weighted by atomic mass is 9.95. The zero-order chi connectivity index (χ0) is 14.1. The summed E-state index contributed by atoms with van der Waals surface area (Å²) in [4.78, 5) is 12.3. The second-order valence-electron chi connectivity index (χ2n) is 5.21. The summed E-state index contributed by atoms with van der Waals surface area (Å²) in [7, 11) is 0. The van der Waals surface area contributed by atoms with E-state index in [0.29, 0.717) is 28.8 Å². The van der Waals surface area contributed by atoms with Gasteiger partial charge in [0.1, 0.15) is 0 Å². The number of benzene rings is 1. The van der Waals surface area contributed by atoms with Crippen molar-refractivity contribution in [1.82, 2.24) is 0 Å². The van der Waals surface area contributed by atoms with Gasteiger partial charge in [0.25, 0.3) is 0 Å². The number of ether oxygens (including phenoxy) is 2. The van der Waals surface area contributed by atoms with Crippen LogP contribution in [0.4, 0.5) is 5.69 Å². The Morgan fingerprint density at radius 3 is 2.85 bits per heavy atom. The van der Waals surface area contributed by atoms with E-state index in [4.69, 9.17) is 26.8 Å². The van der Waals surface area contributed by atoms with Gasteiger partial charge in [-0.3, -0.25) is 4.79 Å². The Balaban J connectivity index is 1.76. The second kappa shape index (κ2) is 5.50. The zero-order valence-corrected chi connectivity index (χ0v) is 11.8. The van der Waals surface area contributed by atoms with Gasteiger partial charge in [-0.05, 0) is 25.3 Å². The molecule has 20 heavy (non-hydrogen) atoms. The number of amides is 1. The standard InChI is InChI=1S/C14H17ClN2O3/c15-10-4-12-13(20-7-19-12)5-11(10)17-14(18)9-3-1-2-8(9)6-16/h4-5,8-9H,1-3,6-7,16H2,(H,17,18). The monoisotopic (exact) mass is 296 g/mol. The van der Waals surface area contributed by atoms with Gasteiger partial charge in [0.2, 0.25) is 12.7 Å². The molecular formula is C14H17ClN2O3. The van der Waals surface area contributed by atoms with E-state index in [1.807, 2.05) is 0 Å². The number of nitrogens with two attached hydrogens (primary N) is 1. The quantitative estimate of drug-likeness (QED) is 0.898. The fourth-order valence-corrected chi connectivity index (χ4v) is 3.10. The number of nitrogens with one attached hydrogen (secondary N) is 1. The molecule has 5 nitrogen and oxygen atoms in total. The molecule has 6 heteroatoms. The summed E-state index contributed by atoms with van der Waals surface area (Å²) in [6.07, 6.45) is 2.95. The van der Waals surface area contributed by atoms with Crippen LogP contribution in [0.3, 0.4) is 0 Å². The van der Waals surface area contributed by atoms with Crippen LogP contribution >= 0.6 is 11.6 Å². The molecule has 0 bridgehead atoms. The van der Waals surface area contributed by atoms with Gasteiger partial charge in [0, 0.05) is 18.1 Å². The molecule has 0 spiro atoms. The van der Waals surface area contributed by atoms with E-state index in [9.17, 15) is 4.79 Å². The highest BCUT2D eigenvalue weighted by atomic mass is 35.5. The maximum Gasteiger partial charge on any atom is 0.231 e. The highest BCUT2D eigenvalue weighted by Gasteiger charge is 2.32. The van der Waals surface area contributed by atoms with Crippen LogP contribution in [0, 0.1) is 11.8 Å². The Morgan fingerprint density at radius 1 is 1.35 bits per heavy atom. The van der Waals surface area contributed by atoms with Crippen LogP contribution in [0.25, 0.3) is 0 Å². The predicted molar refractivity (Wildman–Crippen MR) is 76.1 cm³/mol. The molecule has 3 rings (SSSR count). The molecule has 1 fully saturated rings. The lowest BCUT2D eigenvalue weighted by Gasteiger charge is -2.18. The molecule has 1 aromatic rings. The number of carbonyl (C=O) groups excluding carboxylic acids is 1. The Bertz CT molecular complexity index is 535. The molecule has 2 aliphatic rings. The smallest absolute Gasteiger partial charge is 0.231 e. The third-order valence-corrected chi connectivity index (χ3v) is 4.33. The lowest BCUT2D eigenvalue weighted by molar-refractivity contribution is -0.120. The number of hydrogen-bond acceptors (Lipinski definition) is 4. The highest BCUT2D eigenvalue weighted by Crippen LogP contribution is 2.40. The summed E-state index contributed by atoms with van der Waals surface area (Å²) in [5.41, 5.74) is 6.28. The van der Waals surface area contributed by atoms with E-state index < -0.39 is 0 Å². The maximum atomic E-state index is 12.3. The van der Waals surface area contributed by atoms with E-state index in [-0.39, 0.29) is 24.5 Å². The first-order valence-electron chi connectivity index (χ1n) is 6.79. The maximum absolute atomic E-state index is 12.3. The summed E-state index contributed by atoms with van der Waals surface area (Å²) >= 11 is 6.15. The molecular weight excluding hydrogens is 280 g/mol. The summed E-state index contributed by atoms with van der Waals surface area (Å²) in [6, 6.07) is 3.36. The molecule has 2 unspecified atom stereocenters. The minimum absolute atomic E-state index is 0.0151. The summed E-state index contributed by atoms with van der Waals surface area (Å²) in [5, 5.41) is 3.33. The average Bonchev–Trinajstić information content (AvgIpc) is 3.06. The van der Waals surface area contributed by atoms with Gasteiger partial charge >= 0.3 is 0 Å². The molecule has 0 radical (unpaired) electrons. The molecule has 1 saturated carbocycles. The first kappa shape index (κ1) is 13.5. The number of anilines is 1. The normalized spacial score (nSPS) is 23.9. The van der Waals surface area contributed by atoms with Crippen LogP contribution in [0.15, 0.2) is 12.1 Å². The Morgan fingerprint density at radius 2 is 2.10 bits per heavy atom. The number of hydrogen-bond donors (Lipinski definition) is 2. The van der Waals surface area contributed by atoms with Crippen LogP contribution in [0.5, 0.6) is 11.5 Å². The molecule has 1 heterocycles. The predicted octanol–water partition coefficient (Wildman–Crippen LogP) is 2.38. The van der Waals surface area contributed by atoms with E-state index in [1.54, 1.807) is 12.1 Å². The van der Waals surface area contributed by atoms with Crippen LogP contribution in [0.2, 0.25) is 5.02 Å². The first-order chi connectivity index (χ1) is 9.69. The zero-order valence-electron chi connectivity index (χ0n) is 11.0. The number of carbonyl (C=O) groups is 1. The van der Waals surface area contributed by atoms with E-state index in [0.717, 1.165) is 19.3 Å². The molecule has 1 aliphatic carbocycles. The average molecular weight is 297 g/mol. The van der Waals surface area contributed by atoms with Crippen molar-refractivity contribution in [1.29, 1.82) is 0 Å². The first-order valence-corrected chi connectivity index (χ1v) is 7.17.